The number of rotatable bonds is 2. The van der Waals surface area contributed by atoms with Gasteiger partial charge in [-0.25, -0.2) is 4.79 Å². The number of carbonyl (C=O) groups excluding carboxylic acids is 2. The number of pyridine rings is 1. The fourth-order valence-electron chi connectivity index (χ4n) is 2.01. The molecule has 0 radical (unpaired) electrons. The van der Waals surface area contributed by atoms with Crippen molar-refractivity contribution in [2.75, 3.05) is 0 Å². The molecule has 2 rings (SSSR count). The largest absolute Gasteiger partial charge is 0.325 e. The molecule has 1 aromatic rings. The molecule has 17 heavy (non-hydrogen) atoms. The van der Waals surface area contributed by atoms with Crippen molar-refractivity contribution >= 4 is 11.9 Å². The Hall–Kier alpha value is -1.91. The number of amides is 3. The first kappa shape index (κ1) is 11.6. The number of nitrogens with one attached hydrogen (secondary N) is 1. The molecule has 2 heterocycles. The van der Waals surface area contributed by atoms with Gasteiger partial charge >= 0.3 is 6.03 Å². The van der Waals surface area contributed by atoms with Crippen LogP contribution in [0.3, 0.4) is 0 Å². The second kappa shape index (κ2) is 3.84. The molecule has 1 N–H and O–H groups in total. The van der Waals surface area contributed by atoms with Crippen molar-refractivity contribution in [3.8, 4) is 0 Å². The molecular formula is C12H15N3O2. The fourth-order valence-corrected chi connectivity index (χ4v) is 2.01. The third-order valence-corrected chi connectivity index (χ3v) is 3.00. The number of hydrogen-bond acceptors (Lipinski definition) is 3. The molecule has 0 bridgehead atoms. The molecule has 5 heteroatoms. The van der Waals surface area contributed by atoms with Crippen molar-refractivity contribution in [3.63, 3.8) is 0 Å². The van der Waals surface area contributed by atoms with Crippen molar-refractivity contribution in [1.29, 1.82) is 0 Å². The number of imide groups is 1. The molecule has 1 aliphatic heterocycles. The summed E-state index contributed by atoms with van der Waals surface area (Å²) in [6, 6.07) is 2.99. The molecular weight excluding hydrogens is 218 g/mol. The van der Waals surface area contributed by atoms with Crippen LogP contribution in [0.1, 0.15) is 26.3 Å². The summed E-state index contributed by atoms with van der Waals surface area (Å²) in [5.41, 5.74) is -0.237. The normalized spacial score (nSPS) is 24.4. The van der Waals surface area contributed by atoms with Crippen LogP contribution in [-0.2, 0) is 10.3 Å². The molecule has 1 aromatic heterocycles. The van der Waals surface area contributed by atoms with E-state index in [-0.39, 0.29) is 18.0 Å². The molecule has 1 saturated heterocycles. The van der Waals surface area contributed by atoms with Crippen molar-refractivity contribution in [2.45, 2.75) is 32.4 Å². The Morgan fingerprint density at radius 1 is 1.29 bits per heavy atom. The lowest BCUT2D eigenvalue weighted by atomic mass is 9.93. The van der Waals surface area contributed by atoms with Crippen LogP contribution in [-0.4, -0.2) is 27.9 Å². The SMILES string of the molecule is CC(C)N1C(=O)NC(C)(c2ccncc2)C1=O. The lowest BCUT2D eigenvalue weighted by molar-refractivity contribution is -0.132. The standard InChI is InChI=1S/C12H15N3O2/c1-8(2)15-10(16)12(3,14-11(15)17)9-4-6-13-7-5-9/h4-8H,1-3H3,(H,14,17). The maximum Gasteiger partial charge on any atom is 0.325 e. The van der Waals surface area contributed by atoms with E-state index in [4.69, 9.17) is 0 Å². The van der Waals surface area contributed by atoms with E-state index >= 15 is 0 Å². The van der Waals surface area contributed by atoms with E-state index in [1.807, 2.05) is 13.8 Å². The van der Waals surface area contributed by atoms with E-state index in [0.717, 1.165) is 5.56 Å². The van der Waals surface area contributed by atoms with Gasteiger partial charge in [0.15, 0.2) is 0 Å². The van der Waals surface area contributed by atoms with Gasteiger partial charge in [0.1, 0.15) is 5.54 Å². The van der Waals surface area contributed by atoms with E-state index in [1.54, 1.807) is 31.5 Å². The van der Waals surface area contributed by atoms with Gasteiger partial charge in [0.2, 0.25) is 0 Å². The first-order valence-corrected chi connectivity index (χ1v) is 5.53. The lowest BCUT2D eigenvalue weighted by Crippen LogP contribution is -2.42. The highest BCUT2D eigenvalue weighted by atomic mass is 16.2. The van der Waals surface area contributed by atoms with Crippen LogP contribution in [0.4, 0.5) is 4.79 Å². The summed E-state index contributed by atoms with van der Waals surface area (Å²) in [6.45, 7) is 5.34. The van der Waals surface area contributed by atoms with Crippen LogP contribution >= 0.6 is 0 Å². The van der Waals surface area contributed by atoms with Gasteiger partial charge in [0, 0.05) is 18.4 Å². The van der Waals surface area contributed by atoms with Crippen LogP contribution in [0, 0.1) is 0 Å². The molecule has 1 fully saturated rings. The summed E-state index contributed by atoms with van der Waals surface area (Å²) >= 11 is 0. The number of carbonyl (C=O) groups is 2. The van der Waals surface area contributed by atoms with Gasteiger partial charge < -0.3 is 5.32 Å². The average molecular weight is 233 g/mol. The van der Waals surface area contributed by atoms with E-state index in [2.05, 4.69) is 10.3 Å². The zero-order valence-corrected chi connectivity index (χ0v) is 10.1. The highest BCUT2D eigenvalue weighted by molar-refractivity contribution is 6.07. The van der Waals surface area contributed by atoms with Gasteiger partial charge in [-0.3, -0.25) is 14.7 Å². The highest BCUT2D eigenvalue weighted by Gasteiger charge is 2.49. The third-order valence-electron chi connectivity index (χ3n) is 3.00. The van der Waals surface area contributed by atoms with E-state index in [1.165, 1.54) is 4.90 Å². The van der Waals surface area contributed by atoms with Crippen LogP contribution in [0.2, 0.25) is 0 Å². The minimum atomic E-state index is -0.982. The van der Waals surface area contributed by atoms with Crippen LogP contribution in [0.5, 0.6) is 0 Å². The minimum absolute atomic E-state index is 0.147. The molecule has 5 nitrogen and oxygen atoms in total. The zero-order chi connectivity index (χ0) is 12.6. The summed E-state index contributed by atoms with van der Waals surface area (Å²) in [4.78, 5) is 29.3. The fraction of sp³-hybridized carbons (Fsp3) is 0.417. The Morgan fingerprint density at radius 2 is 1.88 bits per heavy atom. The first-order chi connectivity index (χ1) is 7.97. The molecule has 1 atom stereocenters. The second-order valence-corrected chi connectivity index (χ2v) is 4.56. The molecule has 0 spiro atoms. The highest BCUT2D eigenvalue weighted by Crippen LogP contribution is 2.29. The van der Waals surface area contributed by atoms with Crippen molar-refractivity contribution in [1.82, 2.24) is 15.2 Å². The van der Waals surface area contributed by atoms with Crippen LogP contribution in [0.25, 0.3) is 0 Å². The van der Waals surface area contributed by atoms with Crippen LogP contribution < -0.4 is 5.32 Å². The van der Waals surface area contributed by atoms with Gasteiger partial charge in [-0.05, 0) is 38.5 Å². The minimum Gasteiger partial charge on any atom is -0.319 e. The molecule has 0 aliphatic carbocycles. The number of urea groups is 1. The summed E-state index contributed by atoms with van der Waals surface area (Å²) < 4.78 is 0. The molecule has 0 saturated carbocycles. The Kier molecular flexibility index (Phi) is 2.61. The molecule has 3 amide bonds. The Labute approximate surface area is 99.8 Å². The summed E-state index contributed by atoms with van der Waals surface area (Å²) in [5.74, 6) is -0.219. The van der Waals surface area contributed by atoms with E-state index < -0.39 is 5.54 Å². The first-order valence-electron chi connectivity index (χ1n) is 5.53. The van der Waals surface area contributed by atoms with E-state index in [0.29, 0.717) is 0 Å². The topological polar surface area (TPSA) is 62.3 Å². The smallest absolute Gasteiger partial charge is 0.319 e. The lowest BCUT2D eigenvalue weighted by Gasteiger charge is -2.23. The van der Waals surface area contributed by atoms with E-state index in [9.17, 15) is 9.59 Å². The summed E-state index contributed by atoms with van der Waals surface area (Å²) in [6.07, 6.45) is 3.22. The van der Waals surface area contributed by atoms with Gasteiger partial charge in [0.25, 0.3) is 5.91 Å². The Balaban J connectivity index is 2.42. The van der Waals surface area contributed by atoms with Crippen LogP contribution in [0.15, 0.2) is 24.5 Å². The van der Waals surface area contributed by atoms with Crippen molar-refractivity contribution in [3.05, 3.63) is 30.1 Å². The molecule has 1 unspecified atom stereocenters. The predicted octanol–water partition coefficient (Wildman–Crippen LogP) is 1.26. The predicted molar refractivity (Wildman–Crippen MR) is 62.1 cm³/mol. The maximum absolute atomic E-state index is 12.3. The summed E-state index contributed by atoms with van der Waals surface area (Å²) in [5, 5.41) is 2.74. The second-order valence-electron chi connectivity index (χ2n) is 4.56. The van der Waals surface area contributed by atoms with Gasteiger partial charge in [0.05, 0.1) is 0 Å². The Morgan fingerprint density at radius 3 is 2.35 bits per heavy atom. The van der Waals surface area contributed by atoms with Crippen molar-refractivity contribution < 1.29 is 9.59 Å². The molecule has 0 aromatic carbocycles. The zero-order valence-electron chi connectivity index (χ0n) is 10.1. The quantitative estimate of drug-likeness (QED) is 0.782. The monoisotopic (exact) mass is 233 g/mol. The average Bonchev–Trinajstić information content (AvgIpc) is 2.52. The third kappa shape index (κ3) is 1.67. The van der Waals surface area contributed by atoms with Gasteiger partial charge in [-0.2, -0.15) is 0 Å². The molecule has 90 valence electrons. The number of hydrogen-bond donors (Lipinski definition) is 1. The summed E-state index contributed by atoms with van der Waals surface area (Å²) in [7, 11) is 0. The van der Waals surface area contributed by atoms with Gasteiger partial charge in [-0.15, -0.1) is 0 Å². The number of aromatic nitrogens is 1. The maximum atomic E-state index is 12.3. The van der Waals surface area contributed by atoms with Gasteiger partial charge in [-0.1, -0.05) is 0 Å². The Bertz CT molecular complexity index is 458. The van der Waals surface area contributed by atoms with Crippen molar-refractivity contribution in [2.24, 2.45) is 0 Å². The molecule has 1 aliphatic rings. The number of nitrogens with zero attached hydrogens (tertiary/aromatic N) is 2.